The number of aliphatic hydroxyl groups excluding tert-OH is 1. The molecule has 7 nitrogen and oxygen atoms in total. The first-order valence-corrected chi connectivity index (χ1v) is 9.63. The maximum atomic E-state index is 13.0. The molecule has 1 atom stereocenters. The lowest BCUT2D eigenvalue weighted by Gasteiger charge is -2.35. The van der Waals surface area contributed by atoms with E-state index in [1.807, 2.05) is 11.0 Å². The Bertz CT molecular complexity index is 820. The van der Waals surface area contributed by atoms with E-state index in [2.05, 4.69) is 20.2 Å². The third-order valence-corrected chi connectivity index (χ3v) is 5.23. The number of benzene rings is 1. The van der Waals surface area contributed by atoms with Crippen LogP contribution in [0.25, 0.3) is 0 Å². The molecule has 1 saturated carbocycles. The van der Waals surface area contributed by atoms with Crippen LogP contribution in [0.3, 0.4) is 0 Å². The second-order valence-corrected chi connectivity index (χ2v) is 7.30. The van der Waals surface area contributed by atoms with Crippen LogP contribution in [0, 0.1) is 11.7 Å². The second-order valence-electron chi connectivity index (χ2n) is 7.30. The molecule has 2 N–H and O–H groups in total. The van der Waals surface area contributed by atoms with E-state index in [1.165, 1.54) is 18.5 Å². The zero-order chi connectivity index (χ0) is 19.5. The summed E-state index contributed by atoms with van der Waals surface area (Å²) in [5.74, 6) is 1.63. The molecule has 0 spiro atoms. The van der Waals surface area contributed by atoms with Gasteiger partial charge in [-0.05, 0) is 30.5 Å². The Hall–Kier alpha value is -2.74. The number of aliphatic hydroxyl groups is 1. The molecule has 1 amide bonds. The van der Waals surface area contributed by atoms with Gasteiger partial charge in [0.05, 0.1) is 6.10 Å². The highest BCUT2D eigenvalue weighted by atomic mass is 19.1. The molecule has 2 heterocycles. The van der Waals surface area contributed by atoms with E-state index in [-0.39, 0.29) is 18.3 Å². The van der Waals surface area contributed by atoms with Crippen LogP contribution in [0.1, 0.15) is 24.5 Å². The maximum absolute atomic E-state index is 13.0. The molecule has 1 unspecified atom stereocenters. The molecule has 1 aromatic carbocycles. The Morgan fingerprint density at radius 2 is 1.89 bits per heavy atom. The molecule has 1 saturated heterocycles. The highest BCUT2D eigenvalue weighted by Gasteiger charge is 2.34. The molecule has 8 heteroatoms. The van der Waals surface area contributed by atoms with Gasteiger partial charge in [0.1, 0.15) is 23.8 Å². The first-order chi connectivity index (χ1) is 13.6. The number of aromatic nitrogens is 2. The van der Waals surface area contributed by atoms with Gasteiger partial charge in [-0.15, -0.1) is 0 Å². The quantitative estimate of drug-likeness (QED) is 0.790. The number of carbonyl (C=O) groups is 1. The molecule has 2 aliphatic rings. The summed E-state index contributed by atoms with van der Waals surface area (Å²) < 4.78 is 13.0. The molecule has 1 aliphatic carbocycles. The van der Waals surface area contributed by atoms with E-state index in [0.717, 1.165) is 31.7 Å². The molecule has 2 fully saturated rings. The number of anilines is 2. The zero-order valence-corrected chi connectivity index (χ0v) is 15.6. The third-order valence-electron chi connectivity index (χ3n) is 5.23. The van der Waals surface area contributed by atoms with Crippen molar-refractivity contribution in [2.45, 2.75) is 18.9 Å². The fraction of sp³-hybridized carbons (Fsp3) is 0.450. The number of piperazine rings is 1. The smallest absolute Gasteiger partial charge is 0.225 e. The van der Waals surface area contributed by atoms with Gasteiger partial charge in [0.15, 0.2) is 0 Å². The lowest BCUT2D eigenvalue weighted by Crippen LogP contribution is -2.49. The summed E-state index contributed by atoms with van der Waals surface area (Å²) in [7, 11) is 0. The fourth-order valence-electron chi connectivity index (χ4n) is 3.37. The van der Waals surface area contributed by atoms with Crippen molar-refractivity contribution in [1.82, 2.24) is 14.9 Å². The van der Waals surface area contributed by atoms with E-state index in [1.54, 1.807) is 12.1 Å². The Kier molecular flexibility index (Phi) is 5.38. The van der Waals surface area contributed by atoms with Gasteiger partial charge < -0.3 is 20.2 Å². The average Bonchev–Trinajstić information content (AvgIpc) is 3.58. The second kappa shape index (κ2) is 8.10. The molecule has 2 aromatic rings. The first kappa shape index (κ1) is 18.6. The first-order valence-electron chi connectivity index (χ1n) is 9.63. The van der Waals surface area contributed by atoms with Gasteiger partial charge in [0.2, 0.25) is 5.91 Å². The van der Waals surface area contributed by atoms with Crippen molar-refractivity contribution in [2.24, 2.45) is 5.92 Å². The molecule has 1 aromatic heterocycles. The van der Waals surface area contributed by atoms with E-state index < -0.39 is 6.10 Å². The summed E-state index contributed by atoms with van der Waals surface area (Å²) in [6, 6.07) is 7.63. The summed E-state index contributed by atoms with van der Waals surface area (Å²) >= 11 is 0. The number of nitrogens with zero attached hydrogens (tertiary/aromatic N) is 4. The summed E-state index contributed by atoms with van der Waals surface area (Å²) in [5.41, 5.74) is 0.639. The number of hydrogen-bond acceptors (Lipinski definition) is 6. The number of carbonyl (C=O) groups excluding carboxylic acids is 1. The van der Waals surface area contributed by atoms with Crippen LogP contribution in [0.2, 0.25) is 0 Å². The Morgan fingerprint density at radius 3 is 2.57 bits per heavy atom. The summed E-state index contributed by atoms with van der Waals surface area (Å²) in [4.78, 5) is 24.8. The highest BCUT2D eigenvalue weighted by Crippen LogP contribution is 2.31. The van der Waals surface area contributed by atoms with Gasteiger partial charge >= 0.3 is 0 Å². The lowest BCUT2D eigenvalue weighted by atomic mass is 10.1. The largest absolute Gasteiger partial charge is 0.387 e. The molecular formula is C20H24FN5O2. The minimum Gasteiger partial charge on any atom is -0.387 e. The third kappa shape index (κ3) is 4.39. The highest BCUT2D eigenvalue weighted by molar-refractivity contribution is 5.81. The number of amides is 1. The van der Waals surface area contributed by atoms with E-state index in [4.69, 9.17) is 0 Å². The number of hydrogen-bond donors (Lipinski definition) is 2. The summed E-state index contributed by atoms with van der Waals surface area (Å²) in [5, 5.41) is 13.3. The number of nitrogens with one attached hydrogen (secondary N) is 1. The van der Waals surface area contributed by atoms with Gasteiger partial charge in [-0.25, -0.2) is 14.4 Å². The maximum Gasteiger partial charge on any atom is 0.225 e. The summed E-state index contributed by atoms with van der Waals surface area (Å²) in [6.45, 7) is 3.17. The van der Waals surface area contributed by atoms with Gasteiger partial charge in [-0.3, -0.25) is 4.79 Å². The van der Waals surface area contributed by atoms with Crippen molar-refractivity contribution < 1.29 is 14.3 Å². The SMILES string of the molecule is O=C(C1CC1)N1CCN(c2cc(NCC(O)c3ccc(F)cc3)ncn2)CC1. The Balaban J connectivity index is 1.31. The predicted octanol–water partition coefficient (Wildman–Crippen LogP) is 1.82. The topological polar surface area (TPSA) is 81.6 Å². The molecule has 4 rings (SSSR count). The monoisotopic (exact) mass is 385 g/mol. The van der Waals surface area contributed by atoms with E-state index in [0.29, 0.717) is 30.4 Å². The van der Waals surface area contributed by atoms with E-state index >= 15 is 0 Å². The predicted molar refractivity (Wildman–Crippen MR) is 103 cm³/mol. The zero-order valence-electron chi connectivity index (χ0n) is 15.6. The Morgan fingerprint density at radius 1 is 1.18 bits per heavy atom. The molecule has 28 heavy (non-hydrogen) atoms. The van der Waals surface area contributed by atoms with Gasteiger partial charge in [-0.2, -0.15) is 0 Å². The standard InChI is InChI=1S/C20H24FN5O2/c21-16-5-3-14(4-6-16)17(27)12-22-18-11-19(24-13-23-18)25-7-9-26(10-8-25)20(28)15-1-2-15/h3-6,11,13,15,17,27H,1-2,7-10,12H2,(H,22,23,24). The van der Waals surface area contributed by atoms with Crippen LogP contribution >= 0.6 is 0 Å². The van der Waals surface area contributed by atoms with Gasteiger partial charge in [0, 0.05) is 44.7 Å². The van der Waals surface area contributed by atoms with Gasteiger partial charge in [-0.1, -0.05) is 12.1 Å². The number of rotatable bonds is 6. The van der Waals surface area contributed by atoms with Crippen molar-refractivity contribution in [1.29, 1.82) is 0 Å². The van der Waals surface area contributed by atoms with Crippen LogP contribution in [-0.2, 0) is 4.79 Å². The fourth-order valence-corrected chi connectivity index (χ4v) is 3.37. The van der Waals surface area contributed by atoms with Crippen LogP contribution < -0.4 is 10.2 Å². The minimum atomic E-state index is -0.768. The van der Waals surface area contributed by atoms with Crippen molar-refractivity contribution >= 4 is 17.5 Å². The van der Waals surface area contributed by atoms with Crippen LogP contribution in [0.4, 0.5) is 16.0 Å². The molecular weight excluding hydrogens is 361 g/mol. The molecule has 0 bridgehead atoms. The lowest BCUT2D eigenvalue weighted by molar-refractivity contribution is -0.132. The molecule has 148 valence electrons. The van der Waals surface area contributed by atoms with E-state index in [9.17, 15) is 14.3 Å². The van der Waals surface area contributed by atoms with Crippen molar-refractivity contribution in [3.8, 4) is 0 Å². The van der Waals surface area contributed by atoms with Crippen LogP contribution in [0.15, 0.2) is 36.7 Å². The minimum absolute atomic E-state index is 0.256. The van der Waals surface area contributed by atoms with Gasteiger partial charge in [0.25, 0.3) is 0 Å². The number of halogens is 1. The van der Waals surface area contributed by atoms with Crippen LogP contribution in [-0.4, -0.2) is 58.6 Å². The van der Waals surface area contributed by atoms with Crippen molar-refractivity contribution in [3.05, 3.63) is 48.0 Å². The van der Waals surface area contributed by atoms with Crippen molar-refractivity contribution in [3.63, 3.8) is 0 Å². The molecule has 1 aliphatic heterocycles. The Labute approximate surface area is 163 Å². The van der Waals surface area contributed by atoms with Crippen LogP contribution in [0.5, 0.6) is 0 Å². The normalized spacial score (nSPS) is 18.1. The average molecular weight is 385 g/mol. The molecule has 0 radical (unpaired) electrons. The van der Waals surface area contributed by atoms with Crippen molar-refractivity contribution in [2.75, 3.05) is 42.9 Å². The summed E-state index contributed by atoms with van der Waals surface area (Å²) in [6.07, 6.45) is 2.79.